The number of carbonyl (C=O) groups excluding carboxylic acids is 1. The van der Waals surface area contributed by atoms with Gasteiger partial charge < -0.3 is 19.7 Å². The van der Waals surface area contributed by atoms with Crippen molar-refractivity contribution in [3.05, 3.63) is 53.3 Å². The Morgan fingerprint density at radius 3 is 2.77 bits per heavy atom. The zero-order valence-corrected chi connectivity index (χ0v) is 18.0. The number of benzene rings is 1. The van der Waals surface area contributed by atoms with Crippen LogP contribution in [0.3, 0.4) is 0 Å². The summed E-state index contributed by atoms with van der Waals surface area (Å²) in [7, 11) is 0. The molecule has 0 aromatic heterocycles. The topological polar surface area (TPSA) is 76.0 Å². The maximum atomic E-state index is 13.4. The largest absolute Gasteiger partial charge is 0.496 e. The van der Waals surface area contributed by atoms with Gasteiger partial charge in [0.15, 0.2) is 5.78 Å². The number of fused-ring (bicyclic) bond motifs is 2. The van der Waals surface area contributed by atoms with Crippen LogP contribution in [0.25, 0.3) is 11.6 Å². The number of hydrogen-bond acceptors (Lipinski definition) is 5. The van der Waals surface area contributed by atoms with Crippen molar-refractivity contribution in [1.82, 2.24) is 0 Å². The van der Waals surface area contributed by atoms with E-state index < -0.39 is 24.2 Å². The van der Waals surface area contributed by atoms with E-state index in [1.54, 1.807) is 0 Å². The van der Waals surface area contributed by atoms with Crippen molar-refractivity contribution in [2.45, 2.75) is 64.4 Å². The second-order valence-electron chi connectivity index (χ2n) is 9.36. The van der Waals surface area contributed by atoms with Crippen molar-refractivity contribution in [1.29, 1.82) is 0 Å². The number of aliphatic hydroxyl groups is 2. The van der Waals surface area contributed by atoms with E-state index in [9.17, 15) is 15.0 Å². The molecule has 2 heterocycles. The molecular weight excluding hydrogens is 380 g/mol. The van der Waals surface area contributed by atoms with E-state index in [1.165, 1.54) is 6.26 Å². The van der Waals surface area contributed by atoms with E-state index in [4.69, 9.17) is 9.47 Å². The fourth-order valence-electron chi connectivity index (χ4n) is 4.56. The fourth-order valence-corrected chi connectivity index (χ4v) is 4.56. The van der Waals surface area contributed by atoms with Gasteiger partial charge in [0.25, 0.3) is 0 Å². The lowest BCUT2D eigenvalue weighted by atomic mass is 9.69. The van der Waals surface area contributed by atoms with Crippen LogP contribution in [0.1, 0.15) is 51.7 Å². The Morgan fingerprint density at radius 2 is 2.03 bits per heavy atom. The van der Waals surface area contributed by atoms with E-state index >= 15 is 0 Å². The van der Waals surface area contributed by atoms with Gasteiger partial charge in [0, 0.05) is 17.9 Å². The molecule has 160 valence electrons. The quantitative estimate of drug-likeness (QED) is 0.740. The minimum Gasteiger partial charge on any atom is -0.496 e. The van der Waals surface area contributed by atoms with Gasteiger partial charge in [0.2, 0.25) is 0 Å². The molecule has 0 saturated heterocycles. The molecule has 30 heavy (non-hydrogen) atoms. The molecule has 0 amide bonds. The summed E-state index contributed by atoms with van der Waals surface area (Å²) < 4.78 is 11.8. The first-order valence-electron chi connectivity index (χ1n) is 10.6. The predicted molar refractivity (Wildman–Crippen MR) is 116 cm³/mol. The summed E-state index contributed by atoms with van der Waals surface area (Å²) in [5, 5.41) is 21.5. The SMILES string of the molecule is CC(C)=CCC1C(O)CC2OC=C(c3ccc4c(c3)C=CC(C)(C)O4)C(=O)C2C1O. The number of rotatable bonds is 3. The number of ketones is 1. The van der Waals surface area contributed by atoms with Gasteiger partial charge in [0.05, 0.1) is 30.0 Å². The summed E-state index contributed by atoms with van der Waals surface area (Å²) in [6.07, 6.45) is 6.20. The van der Waals surface area contributed by atoms with Crippen LogP contribution >= 0.6 is 0 Å². The van der Waals surface area contributed by atoms with Crippen LogP contribution in [0.4, 0.5) is 0 Å². The fraction of sp³-hybridized carbons (Fsp3) is 0.480. The van der Waals surface area contributed by atoms with Crippen LogP contribution in [0.2, 0.25) is 0 Å². The van der Waals surface area contributed by atoms with Gasteiger partial charge in [-0.1, -0.05) is 23.8 Å². The van der Waals surface area contributed by atoms with E-state index in [-0.39, 0.29) is 17.3 Å². The minimum atomic E-state index is -0.952. The molecule has 0 radical (unpaired) electrons. The van der Waals surface area contributed by atoms with Crippen molar-refractivity contribution in [2.24, 2.45) is 11.8 Å². The van der Waals surface area contributed by atoms with Crippen LogP contribution in [0, 0.1) is 11.8 Å². The van der Waals surface area contributed by atoms with Gasteiger partial charge in [-0.15, -0.1) is 0 Å². The first-order valence-corrected chi connectivity index (χ1v) is 10.6. The van der Waals surface area contributed by atoms with Gasteiger partial charge in [-0.25, -0.2) is 0 Å². The molecule has 5 atom stereocenters. The Balaban J connectivity index is 1.61. The van der Waals surface area contributed by atoms with Crippen LogP contribution in [-0.4, -0.2) is 39.9 Å². The summed E-state index contributed by atoms with van der Waals surface area (Å²) in [6, 6.07) is 5.64. The Bertz CT molecular complexity index is 935. The molecule has 5 unspecified atom stereocenters. The summed E-state index contributed by atoms with van der Waals surface area (Å²) in [6.45, 7) is 7.95. The van der Waals surface area contributed by atoms with Crippen molar-refractivity contribution < 1.29 is 24.5 Å². The Labute approximate surface area is 177 Å². The highest BCUT2D eigenvalue weighted by Gasteiger charge is 2.49. The lowest BCUT2D eigenvalue weighted by molar-refractivity contribution is -0.147. The lowest BCUT2D eigenvalue weighted by Gasteiger charge is -2.43. The highest BCUT2D eigenvalue weighted by molar-refractivity contribution is 6.22. The van der Waals surface area contributed by atoms with E-state index in [0.29, 0.717) is 18.4 Å². The highest BCUT2D eigenvalue weighted by atomic mass is 16.5. The second kappa shape index (κ2) is 7.71. The van der Waals surface area contributed by atoms with Gasteiger partial charge >= 0.3 is 0 Å². The summed E-state index contributed by atoms with van der Waals surface area (Å²) >= 11 is 0. The summed E-state index contributed by atoms with van der Waals surface area (Å²) in [5.74, 6) is -0.411. The third-order valence-corrected chi connectivity index (χ3v) is 6.26. The number of allylic oxidation sites excluding steroid dienone is 3. The lowest BCUT2D eigenvalue weighted by Crippen LogP contribution is -2.54. The average molecular weight is 411 g/mol. The van der Waals surface area contributed by atoms with Crippen LogP contribution < -0.4 is 4.74 Å². The van der Waals surface area contributed by atoms with Crippen molar-refractivity contribution in [2.75, 3.05) is 0 Å². The van der Waals surface area contributed by atoms with Crippen molar-refractivity contribution in [3.8, 4) is 5.75 Å². The molecule has 1 aromatic rings. The smallest absolute Gasteiger partial charge is 0.175 e. The number of hydrogen-bond donors (Lipinski definition) is 2. The number of aliphatic hydroxyl groups excluding tert-OH is 2. The Kier molecular flexibility index (Phi) is 5.37. The molecule has 2 N–H and O–H groups in total. The molecule has 1 fully saturated rings. The molecule has 5 nitrogen and oxygen atoms in total. The van der Waals surface area contributed by atoms with E-state index in [1.807, 2.05) is 64.1 Å². The normalized spacial score (nSPS) is 31.6. The summed E-state index contributed by atoms with van der Waals surface area (Å²) in [5.41, 5.74) is 2.86. The Morgan fingerprint density at radius 1 is 1.27 bits per heavy atom. The molecule has 4 rings (SSSR count). The maximum Gasteiger partial charge on any atom is 0.175 e. The highest BCUT2D eigenvalue weighted by Crippen LogP contribution is 2.41. The van der Waals surface area contributed by atoms with Gasteiger partial charge in [0.1, 0.15) is 17.5 Å². The molecular formula is C25H30O5. The third kappa shape index (κ3) is 3.84. The number of ether oxygens (including phenoxy) is 2. The molecule has 3 aliphatic rings. The predicted octanol–water partition coefficient (Wildman–Crippen LogP) is 3.89. The molecule has 1 aliphatic carbocycles. The Hall–Kier alpha value is -2.37. The average Bonchev–Trinajstić information content (AvgIpc) is 2.66. The van der Waals surface area contributed by atoms with E-state index in [0.717, 1.165) is 22.4 Å². The maximum absolute atomic E-state index is 13.4. The molecule has 1 saturated carbocycles. The zero-order valence-electron chi connectivity index (χ0n) is 18.0. The molecule has 0 spiro atoms. The van der Waals surface area contributed by atoms with Crippen molar-refractivity contribution >= 4 is 17.4 Å². The first-order chi connectivity index (χ1) is 14.2. The molecule has 2 aliphatic heterocycles. The van der Waals surface area contributed by atoms with Crippen LogP contribution in [0.5, 0.6) is 5.75 Å². The third-order valence-electron chi connectivity index (χ3n) is 6.26. The summed E-state index contributed by atoms with van der Waals surface area (Å²) in [4.78, 5) is 13.4. The van der Waals surface area contributed by atoms with Crippen molar-refractivity contribution in [3.63, 3.8) is 0 Å². The molecule has 1 aromatic carbocycles. The monoisotopic (exact) mass is 410 g/mol. The number of Topliss-reactive ketones (excluding diaryl/α,β-unsaturated/α-hetero) is 1. The van der Waals surface area contributed by atoms with Crippen LogP contribution in [-0.2, 0) is 9.53 Å². The second-order valence-corrected chi connectivity index (χ2v) is 9.36. The molecule has 5 heteroatoms. The standard InChI is InChI=1S/C25H30O5/c1-14(2)5-7-17-19(26)12-21-22(23(17)27)24(28)18(13-29-21)15-6-8-20-16(11-15)9-10-25(3,4)30-20/h5-6,8-11,13,17,19,21-23,26-27H,7,12H2,1-4H3. The van der Waals surface area contributed by atoms with Crippen LogP contribution in [0.15, 0.2) is 42.2 Å². The first kappa shape index (κ1) is 20.9. The zero-order chi connectivity index (χ0) is 21.6. The van der Waals surface area contributed by atoms with Gasteiger partial charge in [-0.05, 0) is 57.9 Å². The molecule has 0 bridgehead atoms. The minimum absolute atomic E-state index is 0.131. The number of carbonyl (C=O) groups is 1. The van der Waals surface area contributed by atoms with Gasteiger partial charge in [-0.3, -0.25) is 4.79 Å². The van der Waals surface area contributed by atoms with E-state index in [2.05, 4.69) is 0 Å². The van der Waals surface area contributed by atoms with Gasteiger partial charge in [-0.2, -0.15) is 0 Å².